The normalized spacial score (nSPS) is 11.0. The molecule has 0 saturated carbocycles. The summed E-state index contributed by atoms with van der Waals surface area (Å²) in [6.45, 7) is 3.54. The van der Waals surface area contributed by atoms with E-state index in [2.05, 4.69) is 15.5 Å². The van der Waals surface area contributed by atoms with Gasteiger partial charge in [0.1, 0.15) is 16.9 Å². The zero-order valence-corrected chi connectivity index (χ0v) is 14.5. The highest BCUT2D eigenvalue weighted by Crippen LogP contribution is 2.22. The van der Waals surface area contributed by atoms with E-state index in [0.29, 0.717) is 10.2 Å². The van der Waals surface area contributed by atoms with Crippen molar-refractivity contribution in [3.8, 4) is 0 Å². The molecule has 0 saturated heterocycles. The molecule has 0 radical (unpaired) electrons. The molecule has 1 amide bonds. The van der Waals surface area contributed by atoms with Crippen molar-refractivity contribution in [2.75, 3.05) is 5.43 Å². The number of nitrogens with one attached hydrogen (secondary N) is 1. The second-order valence-electron chi connectivity index (χ2n) is 5.32. The van der Waals surface area contributed by atoms with Crippen LogP contribution in [0.1, 0.15) is 28.1 Å². The van der Waals surface area contributed by atoms with E-state index in [0.717, 1.165) is 26.9 Å². The molecule has 0 aliphatic rings. The monoisotopic (exact) mass is 362 g/mol. The first-order valence-electron chi connectivity index (χ1n) is 7.33. The van der Waals surface area contributed by atoms with Crippen LogP contribution in [0.4, 0.5) is 5.69 Å². The molecule has 0 aliphatic carbocycles. The number of aryl methyl sites for hydroxylation is 3. The number of thiophene rings is 1. The number of rotatable bonds is 4. The van der Waals surface area contributed by atoms with E-state index in [-0.39, 0.29) is 11.5 Å². The Labute approximate surface area is 144 Å². The fraction of sp³-hybridized carbons (Fsp3) is 0.286. The van der Waals surface area contributed by atoms with Gasteiger partial charge in [0.2, 0.25) is 5.69 Å². The minimum absolute atomic E-state index is 0.272. The maximum atomic E-state index is 12.6. The highest BCUT2D eigenvalue weighted by Gasteiger charge is 2.26. The molecule has 130 valence electrons. The summed E-state index contributed by atoms with van der Waals surface area (Å²) in [6.07, 6.45) is 1.89. The number of nitrogens with zero attached hydrogens (tertiary/aromatic N) is 5. The molecule has 0 unspecified atom stereocenters. The maximum Gasteiger partial charge on any atom is 0.320 e. The van der Waals surface area contributed by atoms with Gasteiger partial charge in [-0.2, -0.15) is 5.10 Å². The van der Waals surface area contributed by atoms with Crippen molar-refractivity contribution in [1.82, 2.24) is 19.4 Å². The van der Waals surface area contributed by atoms with Gasteiger partial charge in [-0.3, -0.25) is 29.8 Å². The molecule has 0 aromatic carbocycles. The third kappa shape index (κ3) is 2.89. The van der Waals surface area contributed by atoms with Gasteiger partial charge in [-0.15, -0.1) is 11.3 Å². The first-order valence-corrected chi connectivity index (χ1v) is 8.15. The van der Waals surface area contributed by atoms with Gasteiger partial charge < -0.3 is 0 Å². The summed E-state index contributed by atoms with van der Waals surface area (Å²) in [7, 11) is 1.46. The Morgan fingerprint density at radius 3 is 2.84 bits per heavy atom. The molecule has 11 heteroatoms. The topological polar surface area (TPSA) is 125 Å². The summed E-state index contributed by atoms with van der Waals surface area (Å²) in [4.78, 5) is 41.2. The van der Waals surface area contributed by atoms with Crippen molar-refractivity contribution in [2.24, 2.45) is 7.05 Å². The Morgan fingerprint density at radius 1 is 1.48 bits per heavy atom. The van der Waals surface area contributed by atoms with Crippen LogP contribution in [0.15, 0.2) is 17.1 Å². The lowest BCUT2D eigenvalue weighted by Gasteiger charge is -2.09. The van der Waals surface area contributed by atoms with E-state index < -0.39 is 22.1 Å². The van der Waals surface area contributed by atoms with Crippen LogP contribution in [0.5, 0.6) is 0 Å². The van der Waals surface area contributed by atoms with Crippen LogP contribution in [0.3, 0.4) is 0 Å². The summed E-state index contributed by atoms with van der Waals surface area (Å²) in [5, 5.41) is 15.2. The number of aromatic nitrogens is 4. The van der Waals surface area contributed by atoms with Gasteiger partial charge in [0.15, 0.2) is 0 Å². The highest BCUT2D eigenvalue weighted by molar-refractivity contribution is 7.18. The molecule has 3 aromatic heterocycles. The van der Waals surface area contributed by atoms with Crippen molar-refractivity contribution < 1.29 is 9.72 Å². The van der Waals surface area contributed by atoms with E-state index >= 15 is 0 Å². The van der Waals surface area contributed by atoms with Crippen molar-refractivity contribution >= 4 is 33.1 Å². The van der Waals surface area contributed by atoms with Crippen LogP contribution < -0.4 is 11.0 Å². The molecule has 25 heavy (non-hydrogen) atoms. The summed E-state index contributed by atoms with van der Waals surface area (Å²) >= 11 is 1.42. The number of hydrogen-bond acceptors (Lipinski definition) is 7. The fourth-order valence-electron chi connectivity index (χ4n) is 2.36. The van der Waals surface area contributed by atoms with Crippen molar-refractivity contribution in [1.29, 1.82) is 0 Å². The van der Waals surface area contributed by atoms with Crippen LogP contribution >= 0.6 is 11.3 Å². The average molecular weight is 362 g/mol. The quantitative estimate of drug-likeness (QED) is 0.552. The second-order valence-corrected chi connectivity index (χ2v) is 6.43. The van der Waals surface area contributed by atoms with E-state index in [1.807, 2.05) is 6.92 Å². The van der Waals surface area contributed by atoms with Crippen molar-refractivity contribution in [3.05, 3.63) is 49.1 Å². The van der Waals surface area contributed by atoms with Gasteiger partial charge >= 0.3 is 5.69 Å². The lowest BCUT2D eigenvalue weighted by Crippen LogP contribution is -2.35. The Balaban J connectivity index is 2.05. The molecule has 0 spiro atoms. The third-order valence-corrected chi connectivity index (χ3v) is 4.74. The van der Waals surface area contributed by atoms with E-state index in [1.165, 1.54) is 18.4 Å². The zero-order valence-electron chi connectivity index (χ0n) is 13.6. The average Bonchev–Trinajstić information content (AvgIpc) is 3.14. The summed E-state index contributed by atoms with van der Waals surface area (Å²) in [6, 6.07) is 1.74. The number of fused-ring (bicyclic) bond motifs is 1. The number of carbonyl (C=O) groups is 1. The molecule has 0 atom stereocenters. The minimum atomic E-state index is -0.857. The molecule has 3 aromatic rings. The maximum absolute atomic E-state index is 12.6. The smallest absolute Gasteiger partial charge is 0.268 e. The van der Waals surface area contributed by atoms with Crippen LogP contribution in [0.2, 0.25) is 0 Å². The van der Waals surface area contributed by atoms with Crippen LogP contribution in [0, 0.1) is 17.0 Å². The zero-order chi connectivity index (χ0) is 18.3. The first-order chi connectivity index (χ1) is 11.8. The molecule has 0 fully saturated rings. The van der Waals surface area contributed by atoms with Crippen molar-refractivity contribution in [2.45, 2.75) is 20.3 Å². The van der Waals surface area contributed by atoms with Gasteiger partial charge in [0.25, 0.3) is 11.5 Å². The lowest BCUT2D eigenvalue weighted by atomic mass is 10.3. The number of amides is 1. The lowest BCUT2D eigenvalue weighted by molar-refractivity contribution is -0.385. The van der Waals surface area contributed by atoms with Crippen molar-refractivity contribution in [3.63, 3.8) is 0 Å². The molecule has 0 bridgehead atoms. The van der Waals surface area contributed by atoms with Crippen LogP contribution in [-0.2, 0) is 13.5 Å². The predicted octanol–water partition coefficient (Wildman–Crippen LogP) is 1.35. The minimum Gasteiger partial charge on any atom is -0.268 e. The van der Waals surface area contributed by atoms with E-state index in [4.69, 9.17) is 0 Å². The summed E-state index contributed by atoms with van der Waals surface area (Å²) in [5.74, 6) is -0.585. The van der Waals surface area contributed by atoms with E-state index in [9.17, 15) is 19.7 Å². The number of hydrogen-bond donors (Lipinski definition) is 1. The Bertz CT molecular complexity index is 1060. The molecular weight excluding hydrogens is 348 g/mol. The van der Waals surface area contributed by atoms with Gasteiger partial charge in [0, 0.05) is 11.9 Å². The summed E-state index contributed by atoms with van der Waals surface area (Å²) in [5.41, 5.74) is 1.09. The Kier molecular flexibility index (Phi) is 4.08. The SMILES string of the molecule is CCc1cc2c(=O)n(NC(=O)c3nn(C)cc3[N+](=O)[O-])c(C)nc2s1. The highest BCUT2D eigenvalue weighted by atomic mass is 32.1. The standard InChI is InChI=1S/C14H14N6O4S/c1-4-8-5-9-13(25-8)15-7(2)19(14(9)22)17-12(21)11-10(20(23)24)6-18(3)16-11/h5-6H,4H2,1-3H3,(H,17,21). The Hall–Kier alpha value is -3.08. The molecule has 0 aliphatic heterocycles. The number of nitro groups is 1. The largest absolute Gasteiger partial charge is 0.320 e. The second kappa shape index (κ2) is 6.09. The van der Waals surface area contributed by atoms with E-state index in [1.54, 1.807) is 13.0 Å². The molecule has 3 heterocycles. The van der Waals surface area contributed by atoms with Gasteiger partial charge in [-0.25, -0.2) is 9.66 Å². The Morgan fingerprint density at radius 2 is 2.20 bits per heavy atom. The van der Waals surface area contributed by atoms with Gasteiger partial charge in [-0.1, -0.05) is 6.92 Å². The van der Waals surface area contributed by atoms with Crippen LogP contribution in [-0.4, -0.2) is 30.3 Å². The first kappa shape index (κ1) is 16.8. The fourth-order valence-corrected chi connectivity index (χ4v) is 3.37. The third-order valence-electron chi connectivity index (χ3n) is 3.57. The molecule has 1 N–H and O–H groups in total. The molecule has 3 rings (SSSR count). The van der Waals surface area contributed by atoms with Gasteiger partial charge in [-0.05, 0) is 19.4 Å². The number of carbonyl (C=O) groups excluding carboxylic acids is 1. The predicted molar refractivity (Wildman–Crippen MR) is 91.5 cm³/mol. The van der Waals surface area contributed by atoms with Crippen LogP contribution in [0.25, 0.3) is 10.2 Å². The molecule has 10 nitrogen and oxygen atoms in total. The van der Waals surface area contributed by atoms with Gasteiger partial charge in [0.05, 0.1) is 10.3 Å². The summed E-state index contributed by atoms with van der Waals surface area (Å²) < 4.78 is 2.14. The molecular formula is C14H14N6O4S.